The highest BCUT2D eigenvalue weighted by Crippen LogP contribution is 2.36. The van der Waals surface area contributed by atoms with Crippen LogP contribution in [0.25, 0.3) is 0 Å². The summed E-state index contributed by atoms with van der Waals surface area (Å²) in [6.07, 6.45) is -8.73. The van der Waals surface area contributed by atoms with Crippen molar-refractivity contribution in [2.75, 3.05) is 16.0 Å². The van der Waals surface area contributed by atoms with Gasteiger partial charge in [-0.05, 0) is 29.3 Å². The van der Waals surface area contributed by atoms with Crippen molar-refractivity contribution < 1.29 is 31.1 Å². The van der Waals surface area contributed by atoms with Gasteiger partial charge < -0.3 is 16.0 Å². The lowest BCUT2D eigenvalue weighted by Gasteiger charge is -2.17. The van der Waals surface area contributed by atoms with Crippen LogP contribution in [0.15, 0.2) is 48.7 Å². The second-order valence-corrected chi connectivity index (χ2v) is 7.18. The van der Waals surface area contributed by atoms with Gasteiger partial charge in [0.2, 0.25) is 11.9 Å². The number of benzene rings is 2. The Labute approximate surface area is 183 Å². The average Bonchev–Trinajstić information content (AvgIpc) is 3.10. The summed E-state index contributed by atoms with van der Waals surface area (Å²) >= 11 is 0. The molecule has 0 aliphatic carbocycles. The molecular formula is C21H15F6N5O. The van der Waals surface area contributed by atoms with Crippen molar-refractivity contribution in [1.82, 2.24) is 9.97 Å². The van der Waals surface area contributed by atoms with Crippen LogP contribution in [-0.2, 0) is 30.1 Å². The third-order valence-corrected chi connectivity index (χ3v) is 4.85. The second-order valence-electron chi connectivity index (χ2n) is 7.18. The Hall–Kier alpha value is -3.83. The number of carbonyl (C=O) groups is 1. The number of alkyl halides is 6. The molecule has 2 heterocycles. The van der Waals surface area contributed by atoms with E-state index < -0.39 is 35.8 Å². The van der Waals surface area contributed by atoms with Crippen LogP contribution in [0.3, 0.4) is 0 Å². The van der Waals surface area contributed by atoms with E-state index in [4.69, 9.17) is 0 Å². The van der Waals surface area contributed by atoms with Gasteiger partial charge >= 0.3 is 12.4 Å². The highest BCUT2D eigenvalue weighted by molar-refractivity contribution is 5.99. The quantitative estimate of drug-likeness (QED) is 0.440. The van der Waals surface area contributed by atoms with E-state index in [-0.39, 0.29) is 23.8 Å². The molecule has 3 aromatic rings. The van der Waals surface area contributed by atoms with Gasteiger partial charge in [0.1, 0.15) is 11.4 Å². The number of hydrogen-bond acceptors (Lipinski definition) is 5. The number of nitrogens with zero attached hydrogens (tertiary/aromatic N) is 2. The fourth-order valence-electron chi connectivity index (χ4n) is 3.34. The highest BCUT2D eigenvalue weighted by atomic mass is 19.4. The summed E-state index contributed by atoms with van der Waals surface area (Å²) < 4.78 is 79.9. The maximum atomic E-state index is 13.4. The first-order chi connectivity index (χ1) is 15.5. The predicted molar refractivity (Wildman–Crippen MR) is 108 cm³/mol. The van der Waals surface area contributed by atoms with Crippen molar-refractivity contribution >= 4 is 29.0 Å². The molecule has 1 aliphatic rings. The second kappa shape index (κ2) is 8.26. The molecule has 0 unspecified atom stereocenters. The van der Waals surface area contributed by atoms with Crippen LogP contribution in [-0.4, -0.2) is 15.9 Å². The van der Waals surface area contributed by atoms with Crippen LogP contribution in [0.5, 0.6) is 0 Å². The molecule has 1 amide bonds. The van der Waals surface area contributed by atoms with Gasteiger partial charge in [0.25, 0.3) is 0 Å². The summed E-state index contributed by atoms with van der Waals surface area (Å²) in [5.74, 6) is -1.07. The molecule has 0 saturated carbocycles. The van der Waals surface area contributed by atoms with Gasteiger partial charge in [0.05, 0.1) is 12.0 Å². The zero-order valence-electron chi connectivity index (χ0n) is 16.6. The number of rotatable bonds is 5. The summed E-state index contributed by atoms with van der Waals surface area (Å²) in [4.78, 5) is 19.0. The van der Waals surface area contributed by atoms with Gasteiger partial charge in [0.15, 0.2) is 0 Å². The summed E-state index contributed by atoms with van der Waals surface area (Å²) in [6, 6.07) is 9.42. The van der Waals surface area contributed by atoms with Crippen LogP contribution in [0.4, 0.5) is 49.5 Å². The summed E-state index contributed by atoms with van der Waals surface area (Å²) in [5.41, 5.74) is -0.689. The SMILES string of the molecule is O=C1Cc2ccc(Nc3ncc(C(F)(F)F)c(NCc4ccccc4C(F)(F)F)n3)cc2N1. The smallest absolute Gasteiger partial charge is 0.365 e. The zero-order chi connectivity index (χ0) is 23.8. The molecule has 3 N–H and O–H groups in total. The van der Waals surface area contributed by atoms with E-state index in [9.17, 15) is 31.1 Å². The van der Waals surface area contributed by atoms with Crippen molar-refractivity contribution in [3.63, 3.8) is 0 Å². The van der Waals surface area contributed by atoms with E-state index in [1.54, 1.807) is 18.2 Å². The van der Waals surface area contributed by atoms with Crippen LogP contribution < -0.4 is 16.0 Å². The number of aromatic nitrogens is 2. The Morgan fingerprint density at radius 1 is 0.970 bits per heavy atom. The van der Waals surface area contributed by atoms with Gasteiger partial charge in [-0.25, -0.2) is 4.98 Å². The molecule has 1 aromatic heterocycles. The van der Waals surface area contributed by atoms with Crippen LogP contribution in [0.2, 0.25) is 0 Å². The largest absolute Gasteiger partial charge is 0.421 e. The fraction of sp³-hybridized carbons (Fsp3) is 0.190. The lowest BCUT2D eigenvalue weighted by atomic mass is 10.1. The van der Waals surface area contributed by atoms with Gasteiger partial charge in [0, 0.05) is 24.1 Å². The van der Waals surface area contributed by atoms with Gasteiger partial charge in [-0.3, -0.25) is 4.79 Å². The number of nitrogens with one attached hydrogen (secondary N) is 3. The third kappa shape index (κ3) is 4.99. The number of hydrogen-bond donors (Lipinski definition) is 3. The minimum atomic E-state index is -4.83. The summed E-state index contributed by atoms with van der Waals surface area (Å²) in [6.45, 7) is -0.542. The molecule has 2 aromatic carbocycles. The van der Waals surface area contributed by atoms with E-state index in [2.05, 4.69) is 25.9 Å². The van der Waals surface area contributed by atoms with Crippen LogP contribution >= 0.6 is 0 Å². The average molecular weight is 467 g/mol. The molecule has 0 atom stereocenters. The Kier molecular flexibility index (Phi) is 5.60. The van der Waals surface area contributed by atoms with Crippen molar-refractivity contribution in [3.8, 4) is 0 Å². The molecule has 172 valence electrons. The molecule has 6 nitrogen and oxygen atoms in total. The number of carbonyl (C=O) groups excluding carboxylic acids is 1. The van der Waals surface area contributed by atoms with E-state index >= 15 is 0 Å². The minimum Gasteiger partial charge on any atom is -0.365 e. The van der Waals surface area contributed by atoms with Gasteiger partial charge in [-0.2, -0.15) is 31.3 Å². The van der Waals surface area contributed by atoms with E-state index in [0.717, 1.165) is 11.6 Å². The number of halogens is 6. The minimum absolute atomic E-state index is 0.182. The van der Waals surface area contributed by atoms with Crippen molar-refractivity contribution in [1.29, 1.82) is 0 Å². The maximum Gasteiger partial charge on any atom is 0.421 e. The van der Waals surface area contributed by atoms with Gasteiger partial charge in [-0.1, -0.05) is 24.3 Å². The zero-order valence-corrected chi connectivity index (χ0v) is 16.6. The van der Waals surface area contributed by atoms with Crippen molar-refractivity contribution in [2.45, 2.75) is 25.3 Å². The Morgan fingerprint density at radius 3 is 2.42 bits per heavy atom. The normalized spacial score (nSPS) is 13.5. The molecule has 0 bridgehead atoms. The maximum absolute atomic E-state index is 13.4. The van der Waals surface area contributed by atoms with Crippen molar-refractivity contribution in [3.05, 3.63) is 70.9 Å². The lowest BCUT2D eigenvalue weighted by Crippen LogP contribution is -2.16. The molecule has 12 heteroatoms. The first-order valence-electron chi connectivity index (χ1n) is 9.54. The summed E-state index contributed by atoms with van der Waals surface area (Å²) in [5, 5.41) is 7.74. The molecule has 0 spiro atoms. The first kappa shape index (κ1) is 22.4. The van der Waals surface area contributed by atoms with E-state index in [0.29, 0.717) is 17.6 Å². The summed E-state index contributed by atoms with van der Waals surface area (Å²) in [7, 11) is 0. The standard InChI is InChI=1S/C21H15F6N5O/c22-20(23,24)14-4-2-1-3-12(14)9-28-18-15(21(25,26)27)10-29-19(32-18)30-13-6-5-11-7-17(33)31-16(11)8-13/h1-6,8,10H,7,9H2,(H,31,33)(H2,28,29,30,32). The first-order valence-corrected chi connectivity index (χ1v) is 9.54. The monoisotopic (exact) mass is 467 g/mol. The number of fused-ring (bicyclic) bond motifs is 1. The molecule has 1 aliphatic heterocycles. The predicted octanol–water partition coefficient (Wildman–Crippen LogP) is 5.36. The molecule has 33 heavy (non-hydrogen) atoms. The molecular weight excluding hydrogens is 452 g/mol. The van der Waals surface area contributed by atoms with Crippen LogP contribution in [0, 0.1) is 0 Å². The lowest BCUT2D eigenvalue weighted by molar-refractivity contribution is -0.139. The highest BCUT2D eigenvalue weighted by Gasteiger charge is 2.36. The van der Waals surface area contributed by atoms with Crippen LogP contribution in [0.1, 0.15) is 22.3 Å². The number of amides is 1. The number of anilines is 4. The van der Waals surface area contributed by atoms with E-state index in [1.165, 1.54) is 18.2 Å². The molecule has 0 saturated heterocycles. The van der Waals surface area contributed by atoms with Crippen molar-refractivity contribution in [2.24, 2.45) is 0 Å². The Morgan fingerprint density at radius 2 is 1.70 bits per heavy atom. The third-order valence-electron chi connectivity index (χ3n) is 4.85. The van der Waals surface area contributed by atoms with Gasteiger partial charge in [-0.15, -0.1) is 0 Å². The topological polar surface area (TPSA) is 78.9 Å². The Bertz CT molecular complexity index is 1210. The molecule has 4 rings (SSSR count). The molecule has 0 fully saturated rings. The fourth-order valence-corrected chi connectivity index (χ4v) is 3.34. The molecule has 0 radical (unpaired) electrons. The Balaban J connectivity index is 1.60. The van der Waals surface area contributed by atoms with E-state index in [1.807, 2.05) is 0 Å².